The summed E-state index contributed by atoms with van der Waals surface area (Å²) in [7, 11) is 0. The molecule has 1 aliphatic heterocycles. The molecule has 132 valence electrons. The predicted molar refractivity (Wildman–Crippen MR) is 90.4 cm³/mol. The minimum absolute atomic E-state index is 0.150. The highest BCUT2D eigenvalue weighted by Crippen LogP contribution is 2.32. The fourth-order valence-electron chi connectivity index (χ4n) is 2.62. The summed E-state index contributed by atoms with van der Waals surface area (Å²) >= 11 is 0. The Bertz CT molecular complexity index is 940. The van der Waals surface area contributed by atoms with Crippen molar-refractivity contribution in [2.24, 2.45) is 0 Å². The lowest BCUT2D eigenvalue weighted by molar-refractivity contribution is 0.0464. The van der Waals surface area contributed by atoms with Crippen molar-refractivity contribution in [3.8, 4) is 17.2 Å². The summed E-state index contributed by atoms with van der Waals surface area (Å²) in [4.78, 5) is 16.2. The Balaban J connectivity index is 1.53. The van der Waals surface area contributed by atoms with E-state index >= 15 is 0 Å². The molecule has 0 spiro atoms. The van der Waals surface area contributed by atoms with E-state index in [1.807, 2.05) is 18.2 Å². The van der Waals surface area contributed by atoms with Gasteiger partial charge in [0, 0.05) is 18.5 Å². The van der Waals surface area contributed by atoms with Crippen molar-refractivity contribution < 1.29 is 19.0 Å². The average Bonchev–Trinajstić information content (AvgIpc) is 3.08. The fraction of sp³-hybridized carbons (Fsp3) is 0.222. The summed E-state index contributed by atoms with van der Waals surface area (Å²) in [6, 6.07) is 9.02. The molecule has 8 nitrogen and oxygen atoms in total. The van der Waals surface area contributed by atoms with Gasteiger partial charge in [0.1, 0.15) is 19.8 Å². The van der Waals surface area contributed by atoms with E-state index in [1.54, 1.807) is 36.1 Å². The third-order valence-electron chi connectivity index (χ3n) is 3.98. The molecule has 0 N–H and O–H groups in total. The third-order valence-corrected chi connectivity index (χ3v) is 3.98. The molecule has 0 radical (unpaired) electrons. The Kier molecular flexibility index (Phi) is 4.22. The third kappa shape index (κ3) is 3.08. The van der Waals surface area contributed by atoms with Crippen molar-refractivity contribution in [2.75, 3.05) is 13.2 Å². The number of aromatic nitrogens is 4. The van der Waals surface area contributed by atoms with E-state index in [1.165, 1.54) is 0 Å². The largest absolute Gasteiger partial charge is 0.486 e. The number of pyridine rings is 1. The minimum Gasteiger partial charge on any atom is -0.486 e. The highest BCUT2D eigenvalue weighted by atomic mass is 16.6. The van der Waals surface area contributed by atoms with Gasteiger partial charge in [0.15, 0.2) is 17.2 Å². The maximum atomic E-state index is 12.3. The van der Waals surface area contributed by atoms with Crippen LogP contribution in [0.1, 0.15) is 21.7 Å². The van der Waals surface area contributed by atoms with Crippen LogP contribution in [0.2, 0.25) is 0 Å². The molecular weight excluding hydrogens is 336 g/mol. The molecule has 3 aromatic rings. The second-order valence-corrected chi connectivity index (χ2v) is 5.69. The molecule has 1 aliphatic rings. The number of nitrogens with zero attached hydrogens (tertiary/aromatic N) is 4. The van der Waals surface area contributed by atoms with E-state index in [0.717, 1.165) is 11.3 Å². The first-order valence-corrected chi connectivity index (χ1v) is 8.11. The highest BCUT2D eigenvalue weighted by Gasteiger charge is 2.20. The zero-order chi connectivity index (χ0) is 17.9. The molecule has 0 aliphatic carbocycles. The Morgan fingerprint density at radius 3 is 2.73 bits per heavy atom. The normalized spacial score (nSPS) is 12.7. The molecule has 3 heterocycles. The molecule has 4 rings (SSSR count). The lowest BCUT2D eigenvalue weighted by atomic mass is 10.2. The number of fused-ring (bicyclic) bond motifs is 1. The number of ether oxygens (including phenoxy) is 3. The van der Waals surface area contributed by atoms with Crippen molar-refractivity contribution in [3.63, 3.8) is 0 Å². The van der Waals surface area contributed by atoms with Crippen LogP contribution in [0.5, 0.6) is 11.5 Å². The molecule has 0 bridgehead atoms. The van der Waals surface area contributed by atoms with E-state index in [0.29, 0.717) is 30.4 Å². The molecule has 1 aromatic carbocycles. The van der Waals surface area contributed by atoms with E-state index < -0.39 is 5.97 Å². The molecule has 0 fully saturated rings. The van der Waals surface area contributed by atoms with Gasteiger partial charge in [-0.15, -0.1) is 5.10 Å². The Morgan fingerprint density at radius 2 is 1.92 bits per heavy atom. The lowest BCUT2D eigenvalue weighted by Gasteiger charge is -2.18. The van der Waals surface area contributed by atoms with Crippen LogP contribution in [0, 0.1) is 6.92 Å². The average molecular weight is 352 g/mol. The monoisotopic (exact) mass is 352 g/mol. The number of carbonyl (C=O) groups is 1. The van der Waals surface area contributed by atoms with Gasteiger partial charge in [-0.2, -0.15) is 0 Å². The number of esters is 1. The number of benzene rings is 1. The van der Waals surface area contributed by atoms with E-state index in [9.17, 15) is 4.79 Å². The van der Waals surface area contributed by atoms with Crippen LogP contribution in [-0.4, -0.2) is 39.2 Å². The van der Waals surface area contributed by atoms with Gasteiger partial charge >= 0.3 is 5.97 Å². The summed E-state index contributed by atoms with van der Waals surface area (Å²) in [5.41, 5.74) is 2.34. The molecule has 0 atom stereocenters. The van der Waals surface area contributed by atoms with Crippen molar-refractivity contribution in [2.45, 2.75) is 13.5 Å². The summed E-state index contributed by atoms with van der Waals surface area (Å²) in [6.45, 7) is 2.94. The fourth-order valence-corrected chi connectivity index (χ4v) is 2.62. The van der Waals surface area contributed by atoms with Gasteiger partial charge in [-0.3, -0.25) is 4.98 Å². The number of hydrogen-bond acceptors (Lipinski definition) is 7. The van der Waals surface area contributed by atoms with Gasteiger partial charge in [-0.1, -0.05) is 5.21 Å². The number of rotatable bonds is 4. The zero-order valence-corrected chi connectivity index (χ0v) is 14.1. The summed E-state index contributed by atoms with van der Waals surface area (Å²) in [5.74, 6) is 0.809. The van der Waals surface area contributed by atoms with Crippen LogP contribution in [0.25, 0.3) is 5.69 Å². The molecule has 26 heavy (non-hydrogen) atoms. The van der Waals surface area contributed by atoms with Gasteiger partial charge in [0.25, 0.3) is 0 Å². The molecular formula is C18H16N4O4. The summed E-state index contributed by atoms with van der Waals surface area (Å²) in [5, 5.41) is 8.04. The van der Waals surface area contributed by atoms with Crippen molar-refractivity contribution in [1.82, 2.24) is 20.0 Å². The Hall–Kier alpha value is -3.42. The summed E-state index contributed by atoms with van der Waals surface area (Å²) < 4.78 is 18.0. The van der Waals surface area contributed by atoms with Gasteiger partial charge in [-0.05, 0) is 36.8 Å². The Labute approximate surface area is 149 Å². The zero-order valence-electron chi connectivity index (χ0n) is 14.1. The van der Waals surface area contributed by atoms with Crippen molar-refractivity contribution in [3.05, 3.63) is 59.7 Å². The Morgan fingerprint density at radius 1 is 1.15 bits per heavy atom. The second kappa shape index (κ2) is 6.83. The SMILES string of the molecule is Cc1c(C(=O)OCc2ccncc2)nnn1-c1ccc2c(c1)OCCO2. The van der Waals surface area contributed by atoms with Crippen LogP contribution >= 0.6 is 0 Å². The minimum atomic E-state index is -0.525. The molecule has 0 amide bonds. The van der Waals surface area contributed by atoms with E-state index in [-0.39, 0.29) is 12.3 Å². The van der Waals surface area contributed by atoms with Gasteiger partial charge in [-0.25, -0.2) is 9.48 Å². The maximum absolute atomic E-state index is 12.3. The van der Waals surface area contributed by atoms with Crippen LogP contribution in [0.3, 0.4) is 0 Å². The molecule has 0 unspecified atom stereocenters. The molecule has 2 aromatic heterocycles. The van der Waals surface area contributed by atoms with Crippen LogP contribution in [0.15, 0.2) is 42.7 Å². The van der Waals surface area contributed by atoms with Gasteiger partial charge in [0.2, 0.25) is 0 Å². The lowest BCUT2D eigenvalue weighted by Crippen LogP contribution is -2.15. The maximum Gasteiger partial charge on any atom is 0.361 e. The predicted octanol–water partition coefficient (Wildman–Crippen LogP) is 2.10. The smallest absolute Gasteiger partial charge is 0.361 e. The van der Waals surface area contributed by atoms with Crippen LogP contribution in [-0.2, 0) is 11.3 Å². The van der Waals surface area contributed by atoms with Gasteiger partial charge in [0.05, 0.1) is 11.4 Å². The number of hydrogen-bond donors (Lipinski definition) is 0. The van der Waals surface area contributed by atoms with Crippen molar-refractivity contribution in [1.29, 1.82) is 0 Å². The van der Waals surface area contributed by atoms with Crippen LogP contribution in [0.4, 0.5) is 0 Å². The standard InChI is InChI=1S/C18H16N4O4/c1-12-17(18(23)26-11-13-4-6-19-7-5-13)20-21-22(12)14-2-3-15-16(10-14)25-9-8-24-15/h2-7,10H,8-9,11H2,1H3. The topological polar surface area (TPSA) is 88.4 Å². The first-order valence-electron chi connectivity index (χ1n) is 8.11. The van der Waals surface area contributed by atoms with Gasteiger partial charge < -0.3 is 14.2 Å². The molecule has 8 heteroatoms. The van der Waals surface area contributed by atoms with Crippen molar-refractivity contribution >= 4 is 5.97 Å². The number of carbonyl (C=O) groups excluding carboxylic acids is 1. The van der Waals surface area contributed by atoms with E-state index in [2.05, 4.69) is 15.3 Å². The molecule has 0 saturated heterocycles. The molecule has 0 saturated carbocycles. The first kappa shape index (κ1) is 16.1. The quantitative estimate of drug-likeness (QED) is 0.664. The first-order chi connectivity index (χ1) is 12.7. The highest BCUT2D eigenvalue weighted by molar-refractivity contribution is 5.88. The van der Waals surface area contributed by atoms with Crippen LogP contribution < -0.4 is 9.47 Å². The second-order valence-electron chi connectivity index (χ2n) is 5.69. The van der Waals surface area contributed by atoms with E-state index in [4.69, 9.17) is 14.2 Å². The summed E-state index contributed by atoms with van der Waals surface area (Å²) in [6.07, 6.45) is 3.29.